The number of allylic oxidation sites excluding steroid dienone is 2. The average molecular weight is 289 g/mol. The second-order valence-corrected chi connectivity index (χ2v) is 6.52. The summed E-state index contributed by atoms with van der Waals surface area (Å²) in [6.45, 7) is 4.31. The molecule has 2 amide bonds. The molecule has 0 spiro atoms. The fourth-order valence-electron chi connectivity index (χ4n) is 3.47. The van der Waals surface area contributed by atoms with Gasteiger partial charge in [-0.25, -0.2) is 0 Å². The van der Waals surface area contributed by atoms with E-state index in [2.05, 4.69) is 19.1 Å². The number of carbonyl (C=O) groups is 2. The van der Waals surface area contributed by atoms with Gasteiger partial charge in [0, 0.05) is 18.2 Å². The summed E-state index contributed by atoms with van der Waals surface area (Å²) in [6.07, 6.45) is 15.6. The Bertz CT molecular complexity index is 420. The minimum Gasteiger partial charge on any atom is -0.273 e. The molecule has 0 fully saturated rings. The van der Waals surface area contributed by atoms with Gasteiger partial charge < -0.3 is 0 Å². The molecule has 0 aromatic heterocycles. The van der Waals surface area contributed by atoms with E-state index >= 15 is 0 Å². The molecule has 3 atom stereocenters. The molecule has 0 bridgehead atoms. The zero-order valence-corrected chi connectivity index (χ0v) is 13.3. The van der Waals surface area contributed by atoms with E-state index < -0.39 is 0 Å². The van der Waals surface area contributed by atoms with Crippen molar-refractivity contribution in [2.45, 2.75) is 64.8 Å². The van der Waals surface area contributed by atoms with Gasteiger partial charge in [-0.1, -0.05) is 19.1 Å². The highest BCUT2D eigenvalue weighted by Crippen LogP contribution is 2.30. The van der Waals surface area contributed by atoms with E-state index in [0.29, 0.717) is 5.92 Å². The van der Waals surface area contributed by atoms with E-state index in [0.717, 1.165) is 18.8 Å². The maximum atomic E-state index is 11.7. The lowest BCUT2D eigenvalue weighted by Crippen LogP contribution is -2.38. The largest absolute Gasteiger partial charge is 0.273 e. The SMILES string of the molecule is CC(CCC(C)N1C(=O)C=CC1=O)C1CC/C=C/CCC1. The van der Waals surface area contributed by atoms with Crippen LogP contribution in [0.15, 0.2) is 24.3 Å². The molecule has 0 aromatic carbocycles. The second-order valence-electron chi connectivity index (χ2n) is 6.52. The van der Waals surface area contributed by atoms with Gasteiger partial charge >= 0.3 is 0 Å². The zero-order chi connectivity index (χ0) is 15.2. The van der Waals surface area contributed by atoms with Crippen molar-refractivity contribution in [1.82, 2.24) is 4.90 Å². The van der Waals surface area contributed by atoms with Gasteiger partial charge in [0.1, 0.15) is 0 Å². The smallest absolute Gasteiger partial charge is 0.253 e. The molecule has 2 aliphatic rings. The predicted molar refractivity (Wildman–Crippen MR) is 84.6 cm³/mol. The number of nitrogens with zero attached hydrogens (tertiary/aromatic N) is 1. The van der Waals surface area contributed by atoms with Crippen LogP contribution in [0.3, 0.4) is 0 Å². The van der Waals surface area contributed by atoms with Crippen LogP contribution in [0.4, 0.5) is 0 Å². The monoisotopic (exact) mass is 289 g/mol. The van der Waals surface area contributed by atoms with Crippen molar-refractivity contribution in [2.75, 3.05) is 0 Å². The van der Waals surface area contributed by atoms with Gasteiger partial charge in [-0.15, -0.1) is 0 Å². The van der Waals surface area contributed by atoms with Crippen molar-refractivity contribution < 1.29 is 9.59 Å². The molecule has 1 aliphatic heterocycles. The molecule has 3 nitrogen and oxygen atoms in total. The van der Waals surface area contributed by atoms with Crippen molar-refractivity contribution in [3.8, 4) is 0 Å². The van der Waals surface area contributed by atoms with Crippen LogP contribution in [0.2, 0.25) is 0 Å². The van der Waals surface area contributed by atoms with E-state index in [9.17, 15) is 9.59 Å². The number of carbonyl (C=O) groups excluding carboxylic acids is 2. The molecule has 2 rings (SSSR count). The minimum atomic E-state index is -0.156. The lowest BCUT2D eigenvalue weighted by atomic mass is 9.81. The topological polar surface area (TPSA) is 37.4 Å². The summed E-state index contributed by atoms with van der Waals surface area (Å²) in [4.78, 5) is 24.7. The van der Waals surface area contributed by atoms with E-state index in [4.69, 9.17) is 0 Å². The van der Waals surface area contributed by atoms with Crippen LogP contribution >= 0.6 is 0 Å². The predicted octanol–water partition coefficient (Wildman–Crippen LogP) is 3.85. The first kappa shape index (κ1) is 16.0. The molecule has 0 saturated heterocycles. The summed E-state index contributed by atoms with van der Waals surface area (Å²) >= 11 is 0. The second kappa shape index (κ2) is 7.58. The van der Waals surface area contributed by atoms with Gasteiger partial charge in [-0.2, -0.15) is 0 Å². The van der Waals surface area contributed by atoms with Crippen molar-refractivity contribution in [3.63, 3.8) is 0 Å². The average Bonchev–Trinajstić information content (AvgIpc) is 2.75. The molecule has 116 valence electrons. The fourth-order valence-corrected chi connectivity index (χ4v) is 3.47. The highest BCUT2D eigenvalue weighted by molar-refractivity contribution is 6.13. The Labute approximate surface area is 128 Å². The Kier molecular flexibility index (Phi) is 5.77. The Morgan fingerprint density at radius 1 is 1.05 bits per heavy atom. The zero-order valence-electron chi connectivity index (χ0n) is 13.3. The maximum absolute atomic E-state index is 11.7. The maximum Gasteiger partial charge on any atom is 0.253 e. The molecular weight excluding hydrogens is 262 g/mol. The summed E-state index contributed by atoms with van der Waals surface area (Å²) in [6, 6.07) is 0.0101. The van der Waals surface area contributed by atoms with E-state index in [-0.39, 0.29) is 17.9 Å². The third-order valence-corrected chi connectivity index (χ3v) is 4.95. The summed E-state index contributed by atoms with van der Waals surface area (Å²) < 4.78 is 0. The molecule has 0 radical (unpaired) electrons. The molecule has 21 heavy (non-hydrogen) atoms. The number of hydrogen-bond acceptors (Lipinski definition) is 2. The molecular formula is C18H27NO2. The van der Waals surface area contributed by atoms with Crippen LogP contribution in [0.5, 0.6) is 0 Å². The summed E-state index contributed by atoms with van der Waals surface area (Å²) in [7, 11) is 0. The number of hydrogen-bond donors (Lipinski definition) is 0. The first-order valence-corrected chi connectivity index (χ1v) is 8.30. The number of rotatable bonds is 5. The highest BCUT2D eigenvalue weighted by Gasteiger charge is 2.29. The lowest BCUT2D eigenvalue weighted by Gasteiger charge is -2.28. The molecule has 1 aliphatic carbocycles. The summed E-state index contributed by atoms with van der Waals surface area (Å²) in [5.41, 5.74) is 0. The van der Waals surface area contributed by atoms with Gasteiger partial charge in [0.2, 0.25) is 0 Å². The van der Waals surface area contributed by atoms with Crippen LogP contribution in [0.1, 0.15) is 58.8 Å². The normalized spacial score (nSPS) is 27.3. The van der Waals surface area contributed by atoms with Crippen molar-refractivity contribution in [1.29, 1.82) is 0 Å². The first-order chi connectivity index (χ1) is 10.1. The lowest BCUT2D eigenvalue weighted by molar-refractivity contribution is -0.139. The van der Waals surface area contributed by atoms with Crippen LogP contribution in [0, 0.1) is 11.8 Å². The Hall–Kier alpha value is -1.38. The van der Waals surface area contributed by atoms with E-state index in [1.807, 2.05) is 6.92 Å². The molecule has 0 N–H and O–H groups in total. The standard InChI is InChI=1S/C18H27NO2/c1-14(16-8-6-4-3-5-7-9-16)10-11-15(2)19-17(20)12-13-18(19)21/h3-4,12-16H,5-11H2,1-2H3/b4-3+. The van der Waals surface area contributed by atoms with E-state index in [1.165, 1.54) is 49.2 Å². The van der Waals surface area contributed by atoms with E-state index in [1.54, 1.807) is 0 Å². The Balaban J connectivity index is 1.80. The molecule has 3 unspecified atom stereocenters. The van der Waals surface area contributed by atoms with Gasteiger partial charge in [-0.3, -0.25) is 14.5 Å². The molecule has 1 heterocycles. The number of imide groups is 1. The van der Waals surface area contributed by atoms with Crippen LogP contribution < -0.4 is 0 Å². The third kappa shape index (κ3) is 4.29. The van der Waals surface area contributed by atoms with Crippen molar-refractivity contribution >= 4 is 11.8 Å². The molecule has 0 aromatic rings. The fraction of sp³-hybridized carbons (Fsp3) is 0.667. The Morgan fingerprint density at radius 2 is 1.71 bits per heavy atom. The first-order valence-electron chi connectivity index (χ1n) is 8.30. The molecule has 3 heteroatoms. The van der Waals surface area contributed by atoms with Gasteiger partial charge in [0.05, 0.1) is 0 Å². The van der Waals surface area contributed by atoms with Gasteiger partial charge in [-0.05, 0) is 63.7 Å². The van der Waals surface area contributed by atoms with Crippen LogP contribution in [-0.2, 0) is 9.59 Å². The van der Waals surface area contributed by atoms with Crippen LogP contribution in [-0.4, -0.2) is 22.8 Å². The highest BCUT2D eigenvalue weighted by atomic mass is 16.2. The number of amides is 2. The molecule has 0 saturated carbocycles. The summed E-state index contributed by atoms with van der Waals surface area (Å²) in [5.74, 6) is 1.14. The quantitative estimate of drug-likeness (QED) is 0.569. The summed E-state index contributed by atoms with van der Waals surface area (Å²) in [5, 5.41) is 0. The van der Waals surface area contributed by atoms with Gasteiger partial charge in [0.25, 0.3) is 11.8 Å². The van der Waals surface area contributed by atoms with Gasteiger partial charge in [0.15, 0.2) is 0 Å². The van der Waals surface area contributed by atoms with Crippen LogP contribution in [0.25, 0.3) is 0 Å². The Morgan fingerprint density at radius 3 is 2.43 bits per heavy atom. The van der Waals surface area contributed by atoms with Crippen molar-refractivity contribution in [2.24, 2.45) is 11.8 Å². The van der Waals surface area contributed by atoms with Crippen molar-refractivity contribution in [3.05, 3.63) is 24.3 Å². The minimum absolute atomic E-state index is 0.0101. The third-order valence-electron chi connectivity index (χ3n) is 4.95.